The Hall–Kier alpha value is -1.91. The zero-order chi connectivity index (χ0) is 11.5. The molecule has 1 heterocycles. The largest absolute Gasteiger partial charge is 0.480 e. The van der Waals surface area contributed by atoms with Crippen LogP contribution >= 0.6 is 0 Å². The van der Waals surface area contributed by atoms with Gasteiger partial charge in [0.2, 0.25) is 5.91 Å². The van der Waals surface area contributed by atoms with Crippen molar-refractivity contribution >= 4 is 11.9 Å². The zero-order valence-corrected chi connectivity index (χ0v) is 8.30. The van der Waals surface area contributed by atoms with Gasteiger partial charge in [0, 0.05) is 12.4 Å². The molecular formula is C10H12N2O3. The van der Waals surface area contributed by atoms with Crippen molar-refractivity contribution in [2.75, 3.05) is 0 Å². The minimum Gasteiger partial charge on any atom is -0.480 e. The number of amides is 1. The third-order valence-electron chi connectivity index (χ3n) is 2.32. The summed E-state index contributed by atoms with van der Waals surface area (Å²) in [7, 11) is 0. The number of nitrogens with two attached hydrogens (primary N) is 1. The highest BCUT2D eigenvalue weighted by Crippen LogP contribution is 2.22. The van der Waals surface area contributed by atoms with Crippen LogP contribution in [0.5, 0.6) is 0 Å². The molecule has 3 N–H and O–H groups in total. The first-order valence-corrected chi connectivity index (χ1v) is 4.39. The zero-order valence-electron chi connectivity index (χ0n) is 8.30. The van der Waals surface area contributed by atoms with Crippen molar-refractivity contribution in [1.82, 2.24) is 4.98 Å². The second-order valence-corrected chi connectivity index (χ2v) is 3.53. The van der Waals surface area contributed by atoms with Gasteiger partial charge in [-0.2, -0.15) is 0 Å². The molecule has 1 rings (SSSR count). The second-order valence-electron chi connectivity index (χ2n) is 3.53. The standard InChI is InChI=1S/C10H12N2O3/c1-10(8(11)13,9(14)15)6-7-2-4-12-5-3-7/h2-5H,6H2,1H3,(H2,11,13)(H,14,15). The number of hydrogen-bond acceptors (Lipinski definition) is 3. The molecular weight excluding hydrogens is 196 g/mol. The van der Waals surface area contributed by atoms with E-state index in [1.807, 2.05) is 0 Å². The van der Waals surface area contributed by atoms with Gasteiger partial charge >= 0.3 is 5.97 Å². The number of carbonyl (C=O) groups is 2. The monoisotopic (exact) mass is 208 g/mol. The number of aromatic nitrogens is 1. The van der Waals surface area contributed by atoms with E-state index < -0.39 is 17.3 Å². The number of rotatable bonds is 4. The van der Waals surface area contributed by atoms with Crippen molar-refractivity contribution in [2.45, 2.75) is 13.3 Å². The summed E-state index contributed by atoms with van der Waals surface area (Å²) < 4.78 is 0. The maximum atomic E-state index is 11.1. The van der Waals surface area contributed by atoms with Crippen LogP contribution in [0.15, 0.2) is 24.5 Å². The Labute approximate surface area is 86.9 Å². The quantitative estimate of drug-likeness (QED) is 0.691. The number of carbonyl (C=O) groups excluding carboxylic acids is 1. The van der Waals surface area contributed by atoms with Gasteiger partial charge in [-0.15, -0.1) is 0 Å². The van der Waals surface area contributed by atoms with Gasteiger partial charge in [-0.3, -0.25) is 14.6 Å². The Morgan fingerprint density at radius 1 is 1.47 bits per heavy atom. The maximum Gasteiger partial charge on any atom is 0.319 e. The van der Waals surface area contributed by atoms with Crippen molar-refractivity contribution in [3.8, 4) is 0 Å². The molecule has 1 amide bonds. The summed E-state index contributed by atoms with van der Waals surface area (Å²) in [4.78, 5) is 25.8. The van der Waals surface area contributed by atoms with Gasteiger partial charge in [-0.1, -0.05) is 0 Å². The molecule has 0 radical (unpaired) electrons. The van der Waals surface area contributed by atoms with Gasteiger partial charge < -0.3 is 10.8 Å². The van der Waals surface area contributed by atoms with Crippen LogP contribution in [0.2, 0.25) is 0 Å². The topological polar surface area (TPSA) is 93.3 Å². The second kappa shape index (κ2) is 4.08. The van der Waals surface area contributed by atoms with Crippen LogP contribution in [0.25, 0.3) is 0 Å². The Morgan fingerprint density at radius 3 is 2.40 bits per heavy atom. The molecule has 0 fully saturated rings. The molecule has 1 unspecified atom stereocenters. The first-order valence-electron chi connectivity index (χ1n) is 4.39. The van der Waals surface area contributed by atoms with Crippen molar-refractivity contribution in [1.29, 1.82) is 0 Å². The molecule has 1 atom stereocenters. The van der Waals surface area contributed by atoms with Gasteiger partial charge in [0.15, 0.2) is 0 Å². The molecule has 5 nitrogen and oxygen atoms in total. The van der Waals surface area contributed by atoms with Gasteiger partial charge in [-0.25, -0.2) is 0 Å². The lowest BCUT2D eigenvalue weighted by Gasteiger charge is -2.20. The highest BCUT2D eigenvalue weighted by Gasteiger charge is 2.39. The van der Waals surface area contributed by atoms with Crippen LogP contribution in [0.1, 0.15) is 12.5 Å². The number of pyridine rings is 1. The Balaban J connectivity index is 2.95. The number of hydrogen-bond donors (Lipinski definition) is 2. The van der Waals surface area contributed by atoms with Crippen LogP contribution in [0.3, 0.4) is 0 Å². The summed E-state index contributed by atoms with van der Waals surface area (Å²) in [5, 5.41) is 8.95. The van der Waals surface area contributed by atoms with E-state index in [0.29, 0.717) is 5.56 Å². The van der Waals surface area contributed by atoms with Crippen molar-refractivity contribution in [3.05, 3.63) is 30.1 Å². The maximum absolute atomic E-state index is 11.1. The summed E-state index contributed by atoms with van der Waals surface area (Å²) >= 11 is 0. The van der Waals surface area contributed by atoms with Crippen molar-refractivity contribution < 1.29 is 14.7 Å². The number of primary amides is 1. The fraction of sp³-hybridized carbons (Fsp3) is 0.300. The SMILES string of the molecule is CC(Cc1ccncc1)(C(N)=O)C(=O)O. The minimum atomic E-state index is -1.57. The molecule has 5 heteroatoms. The third-order valence-corrected chi connectivity index (χ3v) is 2.32. The van der Waals surface area contributed by atoms with Crippen molar-refractivity contribution in [2.24, 2.45) is 11.1 Å². The first-order chi connectivity index (χ1) is 6.97. The average molecular weight is 208 g/mol. The molecule has 0 aliphatic heterocycles. The van der Waals surface area contributed by atoms with Crippen LogP contribution < -0.4 is 5.73 Å². The minimum absolute atomic E-state index is 0.0696. The Morgan fingerprint density at radius 2 is 2.00 bits per heavy atom. The molecule has 0 saturated heterocycles. The number of nitrogens with zero attached hydrogens (tertiary/aromatic N) is 1. The van der Waals surface area contributed by atoms with E-state index >= 15 is 0 Å². The molecule has 1 aromatic rings. The molecule has 0 aliphatic rings. The number of aliphatic carboxylic acids is 1. The molecule has 1 aromatic heterocycles. The lowest BCUT2D eigenvalue weighted by atomic mass is 9.83. The normalized spacial score (nSPS) is 14.2. The van der Waals surface area contributed by atoms with Gasteiger partial charge in [0.05, 0.1) is 0 Å². The molecule has 0 saturated carbocycles. The van der Waals surface area contributed by atoms with E-state index in [2.05, 4.69) is 4.98 Å². The molecule has 0 aliphatic carbocycles. The third kappa shape index (κ3) is 2.31. The number of carboxylic acids is 1. The summed E-state index contributed by atoms with van der Waals surface area (Å²) in [5.74, 6) is -2.06. The van der Waals surface area contributed by atoms with Crippen LogP contribution in [-0.2, 0) is 16.0 Å². The lowest BCUT2D eigenvalue weighted by molar-refractivity contribution is -0.153. The van der Waals surface area contributed by atoms with E-state index in [9.17, 15) is 9.59 Å². The predicted molar refractivity (Wildman–Crippen MR) is 52.9 cm³/mol. The van der Waals surface area contributed by atoms with Crippen LogP contribution in [-0.4, -0.2) is 22.0 Å². The molecule has 15 heavy (non-hydrogen) atoms. The molecule has 0 bridgehead atoms. The molecule has 0 spiro atoms. The Bertz CT molecular complexity index is 362. The van der Waals surface area contributed by atoms with E-state index in [4.69, 9.17) is 10.8 Å². The summed E-state index contributed by atoms with van der Waals surface area (Å²) in [5.41, 5.74) is 4.23. The van der Waals surface area contributed by atoms with E-state index in [1.165, 1.54) is 6.92 Å². The molecule has 80 valence electrons. The summed E-state index contributed by atoms with van der Waals surface area (Å²) in [6.45, 7) is 1.32. The first kappa shape index (κ1) is 11.2. The fourth-order valence-electron chi connectivity index (χ4n) is 1.18. The Kier molecular flexibility index (Phi) is 3.04. The lowest BCUT2D eigenvalue weighted by Crippen LogP contribution is -2.43. The fourth-order valence-corrected chi connectivity index (χ4v) is 1.18. The number of carboxylic acid groups (broad SMARTS) is 1. The van der Waals surface area contributed by atoms with E-state index in [-0.39, 0.29) is 6.42 Å². The highest BCUT2D eigenvalue weighted by atomic mass is 16.4. The van der Waals surface area contributed by atoms with Crippen molar-refractivity contribution in [3.63, 3.8) is 0 Å². The summed E-state index contributed by atoms with van der Waals surface area (Å²) in [6.07, 6.45) is 3.15. The highest BCUT2D eigenvalue weighted by molar-refractivity contribution is 6.00. The molecule has 0 aromatic carbocycles. The smallest absolute Gasteiger partial charge is 0.319 e. The van der Waals surface area contributed by atoms with E-state index in [1.54, 1.807) is 24.5 Å². The van der Waals surface area contributed by atoms with Gasteiger partial charge in [0.25, 0.3) is 0 Å². The van der Waals surface area contributed by atoms with E-state index in [0.717, 1.165) is 0 Å². The average Bonchev–Trinajstić information content (AvgIpc) is 2.18. The predicted octanol–water partition coefficient (Wildman–Crippen LogP) is 0.200. The van der Waals surface area contributed by atoms with Gasteiger partial charge in [0.1, 0.15) is 5.41 Å². The summed E-state index contributed by atoms with van der Waals surface area (Å²) in [6, 6.07) is 3.31. The van der Waals surface area contributed by atoms with Gasteiger partial charge in [-0.05, 0) is 31.0 Å². The van der Waals surface area contributed by atoms with Crippen LogP contribution in [0.4, 0.5) is 0 Å². The van der Waals surface area contributed by atoms with Crippen LogP contribution in [0, 0.1) is 5.41 Å².